The minimum Gasteiger partial charge on any atom is -0.352 e. The van der Waals surface area contributed by atoms with Gasteiger partial charge in [0.2, 0.25) is 5.91 Å². The SMILES string of the molecule is CCNC(=O)c1cccc(NC(=O)CN2CCCCC2c2ccc(C(F)(F)F)cc2)c1. The fourth-order valence-corrected chi connectivity index (χ4v) is 3.84. The number of carbonyl (C=O) groups excluding carboxylic acids is 2. The van der Waals surface area contributed by atoms with Crippen molar-refractivity contribution in [1.29, 1.82) is 0 Å². The number of hydrogen-bond acceptors (Lipinski definition) is 3. The summed E-state index contributed by atoms with van der Waals surface area (Å²) in [5.41, 5.74) is 1.08. The number of nitrogens with one attached hydrogen (secondary N) is 2. The molecule has 1 heterocycles. The van der Waals surface area contributed by atoms with Crippen molar-refractivity contribution in [2.45, 2.75) is 38.4 Å². The van der Waals surface area contributed by atoms with E-state index in [9.17, 15) is 22.8 Å². The highest BCUT2D eigenvalue weighted by atomic mass is 19.4. The molecule has 2 N–H and O–H groups in total. The van der Waals surface area contributed by atoms with Gasteiger partial charge in [0.05, 0.1) is 12.1 Å². The fraction of sp³-hybridized carbons (Fsp3) is 0.391. The third kappa shape index (κ3) is 6.07. The van der Waals surface area contributed by atoms with Crippen molar-refractivity contribution in [2.75, 3.05) is 25.0 Å². The molecule has 0 radical (unpaired) electrons. The zero-order chi connectivity index (χ0) is 22.4. The van der Waals surface area contributed by atoms with Crippen molar-refractivity contribution in [3.8, 4) is 0 Å². The van der Waals surface area contributed by atoms with E-state index in [4.69, 9.17) is 0 Å². The molecule has 5 nitrogen and oxygen atoms in total. The Morgan fingerprint density at radius 3 is 2.52 bits per heavy atom. The Bertz CT molecular complexity index is 913. The summed E-state index contributed by atoms with van der Waals surface area (Å²) < 4.78 is 38.6. The molecule has 8 heteroatoms. The zero-order valence-electron chi connectivity index (χ0n) is 17.3. The molecule has 0 spiro atoms. The minimum absolute atomic E-state index is 0.108. The van der Waals surface area contributed by atoms with Crippen LogP contribution in [-0.2, 0) is 11.0 Å². The van der Waals surface area contributed by atoms with Crippen LogP contribution in [0.3, 0.4) is 0 Å². The van der Waals surface area contributed by atoms with Crippen LogP contribution in [0.2, 0.25) is 0 Å². The molecule has 1 aliphatic heterocycles. The maximum Gasteiger partial charge on any atom is 0.416 e. The Kier molecular flexibility index (Phi) is 7.33. The van der Waals surface area contributed by atoms with Crippen LogP contribution < -0.4 is 10.6 Å². The van der Waals surface area contributed by atoms with E-state index in [2.05, 4.69) is 10.6 Å². The lowest BCUT2D eigenvalue weighted by Gasteiger charge is -2.35. The van der Waals surface area contributed by atoms with Crippen molar-refractivity contribution in [3.05, 3.63) is 65.2 Å². The molecule has 3 rings (SSSR count). The first-order chi connectivity index (χ1) is 14.8. The molecular formula is C23H26F3N3O2. The van der Waals surface area contributed by atoms with Gasteiger partial charge >= 0.3 is 6.18 Å². The van der Waals surface area contributed by atoms with Crippen LogP contribution in [0.25, 0.3) is 0 Å². The van der Waals surface area contributed by atoms with Crippen molar-refractivity contribution in [3.63, 3.8) is 0 Å². The fourth-order valence-electron chi connectivity index (χ4n) is 3.84. The molecule has 1 fully saturated rings. The van der Waals surface area contributed by atoms with Crippen LogP contribution >= 0.6 is 0 Å². The molecule has 2 amide bonds. The topological polar surface area (TPSA) is 61.4 Å². The number of alkyl halides is 3. The number of hydrogen-bond donors (Lipinski definition) is 2. The average Bonchev–Trinajstić information content (AvgIpc) is 2.74. The molecule has 1 aliphatic rings. The number of likely N-dealkylation sites (tertiary alicyclic amines) is 1. The maximum atomic E-state index is 12.9. The molecule has 0 bridgehead atoms. The molecule has 0 saturated carbocycles. The van der Waals surface area contributed by atoms with Crippen molar-refractivity contribution in [1.82, 2.24) is 10.2 Å². The number of nitrogens with zero attached hydrogens (tertiary/aromatic N) is 1. The van der Waals surface area contributed by atoms with E-state index in [0.29, 0.717) is 24.3 Å². The van der Waals surface area contributed by atoms with Crippen LogP contribution in [0.5, 0.6) is 0 Å². The summed E-state index contributed by atoms with van der Waals surface area (Å²) in [6.45, 7) is 3.15. The van der Waals surface area contributed by atoms with Crippen LogP contribution in [0.4, 0.5) is 18.9 Å². The van der Waals surface area contributed by atoms with E-state index >= 15 is 0 Å². The second-order valence-electron chi connectivity index (χ2n) is 7.59. The lowest BCUT2D eigenvalue weighted by molar-refractivity contribution is -0.137. The number of piperidine rings is 1. The molecule has 1 atom stereocenters. The van der Waals surface area contributed by atoms with Gasteiger partial charge in [-0.25, -0.2) is 0 Å². The van der Waals surface area contributed by atoms with Crippen molar-refractivity contribution in [2.24, 2.45) is 0 Å². The van der Waals surface area contributed by atoms with Crippen molar-refractivity contribution < 1.29 is 22.8 Å². The summed E-state index contributed by atoms with van der Waals surface area (Å²) >= 11 is 0. The van der Waals surface area contributed by atoms with E-state index < -0.39 is 11.7 Å². The number of rotatable bonds is 6. The van der Waals surface area contributed by atoms with Gasteiger partial charge in [-0.05, 0) is 62.2 Å². The van der Waals surface area contributed by atoms with Crippen molar-refractivity contribution >= 4 is 17.5 Å². The first-order valence-electron chi connectivity index (χ1n) is 10.4. The number of halogens is 3. The Morgan fingerprint density at radius 2 is 1.84 bits per heavy atom. The van der Waals surface area contributed by atoms with Gasteiger partial charge in [0.25, 0.3) is 5.91 Å². The van der Waals surface area contributed by atoms with Crippen LogP contribution in [0.1, 0.15) is 53.7 Å². The summed E-state index contributed by atoms with van der Waals surface area (Å²) in [7, 11) is 0. The molecule has 166 valence electrons. The van der Waals surface area contributed by atoms with Gasteiger partial charge in [-0.2, -0.15) is 13.2 Å². The monoisotopic (exact) mass is 433 g/mol. The average molecular weight is 433 g/mol. The lowest BCUT2D eigenvalue weighted by atomic mass is 9.94. The zero-order valence-corrected chi connectivity index (χ0v) is 17.3. The van der Waals surface area contributed by atoms with Gasteiger partial charge in [0.15, 0.2) is 0 Å². The third-order valence-corrected chi connectivity index (χ3v) is 5.33. The van der Waals surface area contributed by atoms with E-state index in [1.54, 1.807) is 24.3 Å². The lowest BCUT2D eigenvalue weighted by Crippen LogP contribution is -2.39. The molecule has 1 saturated heterocycles. The Hall–Kier alpha value is -2.87. The molecule has 1 unspecified atom stereocenters. The summed E-state index contributed by atoms with van der Waals surface area (Å²) in [4.78, 5) is 26.6. The molecule has 0 aromatic heterocycles. The molecule has 0 aliphatic carbocycles. The second kappa shape index (κ2) is 9.96. The standard InChI is InChI=1S/C23H26F3N3O2/c1-2-27-22(31)17-6-5-7-19(14-17)28-21(30)15-29-13-4-3-8-20(29)16-9-11-18(12-10-16)23(24,25)26/h5-7,9-12,14,20H,2-4,8,13,15H2,1H3,(H,27,31)(H,28,30). The van der Waals surface area contributed by atoms with Gasteiger partial charge in [-0.3, -0.25) is 14.5 Å². The summed E-state index contributed by atoms with van der Waals surface area (Å²) in [5.74, 6) is -0.441. The van der Waals surface area contributed by atoms with Gasteiger partial charge < -0.3 is 10.6 Å². The first-order valence-corrected chi connectivity index (χ1v) is 10.4. The van der Waals surface area contributed by atoms with E-state index in [0.717, 1.165) is 37.0 Å². The Balaban J connectivity index is 1.67. The molecular weight excluding hydrogens is 407 g/mol. The Labute approximate surface area is 179 Å². The maximum absolute atomic E-state index is 12.9. The predicted octanol–water partition coefficient (Wildman–Crippen LogP) is 4.62. The number of amides is 2. The first kappa shape index (κ1) is 22.8. The van der Waals surface area contributed by atoms with E-state index in [-0.39, 0.29) is 24.4 Å². The third-order valence-electron chi connectivity index (χ3n) is 5.33. The number of anilines is 1. The number of carbonyl (C=O) groups is 2. The smallest absolute Gasteiger partial charge is 0.352 e. The van der Waals surface area contributed by atoms with Gasteiger partial charge in [0, 0.05) is 23.8 Å². The minimum atomic E-state index is -4.37. The highest BCUT2D eigenvalue weighted by Crippen LogP contribution is 2.34. The van der Waals surface area contributed by atoms with Gasteiger partial charge in [0.1, 0.15) is 0 Å². The number of benzene rings is 2. The normalized spacial score (nSPS) is 17.2. The van der Waals surface area contributed by atoms with E-state index in [1.165, 1.54) is 12.1 Å². The van der Waals surface area contributed by atoms with Crippen LogP contribution in [-0.4, -0.2) is 36.3 Å². The van der Waals surface area contributed by atoms with E-state index in [1.807, 2.05) is 11.8 Å². The summed E-state index contributed by atoms with van der Waals surface area (Å²) in [5, 5.41) is 5.53. The predicted molar refractivity (Wildman–Crippen MR) is 113 cm³/mol. The van der Waals surface area contributed by atoms with Gasteiger partial charge in [-0.1, -0.05) is 24.6 Å². The van der Waals surface area contributed by atoms with Crippen LogP contribution in [0.15, 0.2) is 48.5 Å². The quantitative estimate of drug-likeness (QED) is 0.699. The van der Waals surface area contributed by atoms with Crippen LogP contribution in [0, 0.1) is 0 Å². The summed E-state index contributed by atoms with van der Waals surface area (Å²) in [6.07, 6.45) is -1.70. The highest BCUT2D eigenvalue weighted by molar-refractivity contribution is 5.97. The molecule has 2 aromatic rings. The summed E-state index contributed by atoms with van der Waals surface area (Å²) in [6, 6.07) is 11.8. The van der Waals surface area contributed by atoms with Gasteiger partial charge in [-0.15, -0.1) is 0 Å². The second-order valence-corrected chi connectivity index (χ2v) is 7.59. The molecule has 2 aromatic carbocycles. The Morgan fingerprint density at radius 1 is 1.10 bits per heavy atom. The largest absolute Gasteiger partial charge is 0.416 e. The molecule has 31 heavy (non-hydrogen) atoms. The highest BCUT2D eigenvalue weighted by Gasteiger charge is 2.31.